The van der Waals surface area contributed by atoms with E-state index in [0.717, 1.165) is 56.7 Å². The summed E-state index contributed by atoms with van der Waals surface area (Å²) in [7, 11) is 1.66. The van der Waals surface area contributed by atoms with Crippen LogP contribution in [0.4, 0.5) is 0 Å². The van der Waals surface area contributed by atoms with Gasteiger partial charge in [0, 0.05) is 34.2 Å². The zero-order valence-corrected chi connectivity index (χ0v) is 20.9. The predicted octanol–water partition coefficient (Wildman–Crippen LogP) is 6.91. The van der Waals surface area contributed by atoms with E-state index in [4.69, 9.17) is 13.9 Å². The van der Waals surface area contributed by atoms with Gasteiger partial charge < -0.3 is 19.2 Å². The lowest BCUT2D eigenvalue weighted by atomic mass is 9.86. The van der Waals surface area contributed by atoms with Crippen molar-refractivity contribution in [2.45, 2.75) is 59.4 Å². The van der Waals surface area contributed by atoms with Gasteiger partial charge in [-0.25, -0.2) is 0 Å². The van der Waals surface area contributed by atoms with Crippen LogP contribution in [0.15, 0.2) is 47.1 Å². The molecule has 1 saturated carbocycles. The molecule has 1 aromatic heterocycles. The van der Waals surface area contributed by atoms with E-state index in [0.29, 0.717) is 12.5 Å². The molecule has 1 amide bonds. The van der Waals surface area contributed by atoms with Crippen LogP contribution in [-0.4, -0.2) is 25.7 Å². The van der Waals surface area contributed by atoms with Crippen LogP contribution in [0.2, 0.25) is 0 Å². The van der Waals surface area contributed by atoms with E-state index in [1.165, 1.54) is 19.3 Å². The first kappa shape index (κ1) is 23.9. The van der Waals surface area contributed by atoms with E-state index in [1.54, 1.807) is 19.4 Å². The second-order valence-corrected chi connectivity index (χ2v) is 9.27. The minimum atomic E-state index is -0.0463. The molecular formula is C29H35NO4. The van der Waals surface area contributed by atoms with E-state index in [1.807, 2.05) is 45.0 Å². The molecule has 1 fully saturated rings. The van der Waals surface area contributed by atoms with Crippen molar-refractivity contribution in [3.8, 4) is 22.6 Å². The SMILES string of the molecule is CCOc1ccc(-c2coc3c(C)c(OC)c(/C(C)=C/C(=O)NC4CCCCC4C)cc23)cc1. The largest absolute Gasteiger partial charge is 0.496 e. The molecular weight excluding hydrogens is 426 g/mol. The lowest BCUT2D eigenvalue weighted by Gasteiger charge is -2.29. The van der Waals surface area contributed by atoms with E-state index in [9.17, 15) is 4.79 Å². The van der Waals surface area contributed by atoms with Gasteiger partial charge in [0.25, 0.3) is 0 Å². The highest BCUT2D eigenvalue weighted by atomic mass is 16.5. The Morgan fingerprint density at radius 1 is 1.21 bits per heavy atom. The number of allylic oxidation sites excluding steroid dienone is 1. The maximum absolute atomic E-state index is 12.9. The first-order chi connectivity index (χ1) is 16.4. The van der Waals surface area contributed by atoms with Gasteiger partial charge in [-0.2, -0.15) is 0 Å². The zero-order chi connectivity index (χ0) is 24.2. The summed E-state index contributed by atoms with van der Waals surface area (Å²) in [6.45, 7) is 8.79. The first-order valence-corrected chi connectivity index (χ1v) is 12.2. The van der Waals surface area contributed by atoms with Crippen molar-refractivity contribution in [1.82, 2.24) is 5.32 Å². The molecule has 3 aromatic rings. The van der Waals surface area contributed by atoms with E-state index in [2.05, 4.69) is 18.3 Å². The smallest absolute Gasteiger partial charge is 0.244 e. The fourth-order valence-corrected chi connectivity index (χ4v) is 5.02. The van der Waals surface area contributed by atoms with Crippen molar-refractivity contribution in [2.75, 3.05) is 13.7 Å². The number of carbonyl (C=O) groups is 1. The summed E-state index contributed by atoms with van der Waals surface area (Å²) in [4.78, 5) is 12.9. The van der Waals surface area contributed by atoms with Gasteiger partial charge >= 0.3 is 0 Å². The summed E-state index contributed by atoms with van der Waals surface area (Å²) in [5.74, 6) is 2.04. The minimum Gasteiger partial charge on any atom is -0.496 e. The highest BCUT2D eigenvalue weighted by Gasteiger charge is 2.23. The molecule has 0 aliphatic heterocycles. The van der Waals surface area contributed by atoms with E-state index < -0.39 is 0 Å². The molecule has 4 rings (SSSR count). The third kappa shape index (κ3) is 4.84. The molecule has 2 aromatic carbocycles. The highest BCUT2D eigenvalue weighted by molar-refractivity contribution is 6.01. The molecule has 1 aliphatic rings. The minimum absolute atomic E-state index is 0.0463. The molecule has 0 bridgehead atoms. The van der Waals surface area contributed by atoms with Crippen LogP contribution in [0.5, 0.6) is 11.5 Å². The highest BCUT2D eigenvalue weighted by Crippen LogP contribution is 2.40. The number of rotatable bonds is 7. The lowest BCUT2D eigenvalue weighted by molar-refractivity contribution is -0.117. The number of benzene rings is 2. The Bertz CT molecular complexity index is 1190. The predicted molar refractivity (Wildman–Crippen MR) is 137 cm³/mol. The molecule has 1 N–H and O–H groups in total. The molecule has 2 unspecified atom stereocenters. The molecule has 5 nitrogen and oxygen atoms in total. The van der Waals surface area contributed by atoms with Crippen molar-refractivity contribution >= 4 is 22.4 Å². The van der Waals surface area contributed by atoms with Crippen LogP contribution < -0.4 is 14.8 Å². The van der Waals surface area contributed by atoms with Crippen molar-refractivity contribution in [1.29, 1.82) is 0 Å². The standard InChI is InChI=1S/C29H35NO4/c1-6-33-22-13-11-21(12-14-22)25-17-34-29-20(4)28(32-5)23(16-24(25)29)19(3)15-27(31)30-26-10-8-7-9-18(26)2/h11-18,26H,6-10H2,1-5H3,(H,30,31)/b19-15+. The maximum atomic E-state index is 12.9. The van der Waals surface area contributed by atoms with Gasteiger partial charge in [-0.1, -0.05) is 31.9 Å². The molecule has 0 saturated heterocycles. The number of hydrogen-bond acceptors (Lipinski definition) is 4. The van der Waals surface area contributed by atoms with Crippen LogP contribution in [0.3, 0.4) is 0 Å². The molecule has 1 aliphatic carbocycles. The van der Waals surface area contributed by atoms with Crippen LogP contribution in [0.1, 0.15) is 57.6 Å². The van der Waals surface area contributed by atoms with Gasteiger partial charge in [-0.15, -0.1) is 0 Å². The Kier molecular flexibility index (Phi) is 7.30. The second-order valence-electron chi connectivity index (χ2n) is 9.27. The number of nitrogens with one attached hydrogen (secondary N) is 1. The Morgan fingerprint density at radius 3 is 2.62 bits per heavy atom. The van der Waals surface area contributed by atoms with Crippen LogP contribution >= 0.6 is 0 Å². The average Bonchev–Trinajstić information content (AvgIpc) is 3.25. The maximum Gasteiger partial charge on any atom is 0.244 e. The van der Waals surface area contributed by atoms with Gasteiger partial charge in [-0.3, -0.25) is 4.79 Å². The molecule has 1 heterocycles. The number of amides is 1. The Labute approximate surface area is 202 Å². The third-order valence-corrected chi connectivity index (χ3v) is 6.94. The number of methoxy groups -OCH3 is 1. The third-order valence-electron chi connectivity index (χ3n) is 6.94. The monoisotopic (exact) mass is 461 g/mol. The number of carbonyl (C=O) groups excluding carboxylic acids is 1. The average molecular weight is 462 g/mol. The summed E-state index contributed by atoms with van der Waals surface area (Å²) in [6.07, 6.45) is 8.13. The van der Waals surface area contributed by atoms with Crippen molar-refractivity contribution < 1.29 is 18.7 Å². The van der Waals surface area contributed by atoms with Gasteiger partial charge in [0.2, 0.25) is 5.91 Å². The Balaban J connectivity index is 1.69. The van der Waals surface area contributed by atoms with Gasteiger partial charge in [-0.05, 0) is 68.9 Å². The summed E-state index contributed by atoms with van der Waals surface area (Å²) < 4.78 is 17.3. The molecule has 0 radical (unpaired) electrons. The van der Waals surface area contributed by atoms with Gasteiger partial charge in [0.05, 0.1) is 20.0 Å². The van der Waals surface area contributed by atoms with E-state index >= 15 is 0 Å². The topological polar surface area (TPSA) is 60.7 Å². The quantitative estimate of drug-likeness (QED) is 0.388. The summed E-state index contributed by atoms with van der Waals surface area (Å²) in [5, 5.41) is 4.21. The normalized spacial score (nSPS) is 18.7. The van der Waals surface area contributed by atoms with Crippen molar-refractivity contribution in [2.24, 2.45) is 5.92 Å². The molecule has 5 heteroatoms. The van der Waals surface area contributed by atoms with Crippen LogP contribution in [0, 0.1) is 12.8 Å². The first-order valence-electron chi connectivity index (χ1n) is 12.2. The molecule has 180 valence electrons. The number of hydrogen-bond donors (Lipinski definition) is 1. The summed E-state index contributed by atoms with van der Waals surface area (Å²) in [6, 6.07) is 10.3. The number of ether oxygens (including phenoxy) is 2. The fourth-order valence-electron chi connectivity index (χ4n) is 5.02. The Morgan fingerprint density at radius 2 is 1.94 bits per heavy atom. The lowest BCUT2D eigenvalue weighted by Crippen LogP contribution is -2.40. The molecule has 2 atom stereocenters. The molecule has 34 heavy (non-hydrogen) atoms. The fraction of sp³-hybridized carbons (Fsp3) is 0.414. The zero-order valence-electron chi connectivity index (χ0n) is 20.9. The Hall–Kier alpha value is -3.21. The number of furan rings is 1. The van der Waals surface area contributed by atoms with Crippen LogP contribution in [-0.2, 0) is 4.79 Å². The number of aryl methyl sites for hydroxylation is 1. The summed E-state index contributed by atoms with van der Waals surface area (Å²) in [5.41, 5.74) is 5.51. The van der Waals surface area contributed by atoms with Crippen LogP contribution in [0.25, 0.3) is 27.7 Å². The molecule has 0 spiro atoms. The number of fused-ring (bicyclic) bond motifs is 1. The summed E-state index contributed by atoms with van der Waals surface area (Å²) >= 11 is 0. The second kappa shape index (κ2) is 10.4. The van der Waals surface area contributed by atoms with Gasteiger partial charge in [0.15, 0.2) is 0 Å². The van der Waals surface area contributed by atoms with Gasteiger partial charge in [0.1, 0.15) is 17.1 Å². The van der Waals surface area contributed by atoms with E-state index in [-0.39, 0.29) is 11.9 Å². The van der Waals surface area contributed by atoms with Crippen molar-refractivity contribution in [3.63, 3.8) is 0 Å². The van der Waals surface area contributed by atoms with Crippen molar-refractivity contribution in [3.05, 3.63) is 53.8 Å².